The molecular formula is C40H69B2Cl3I5N12O4S4V. The van der Waals surface area contributed by atoms with Crippen molar-refractivity contribution in [2.24, 2.45) is 11.5 Å². The van der Waals surface area contributed by atoms with Gasteiger partial charge < -0.3 is 49.8 Å². The number of hydrogen-bond acceptors (Lipinski definition) is 19. The monoisotopic (exact) mass is 1720 g/mol. The maximum absolute atomic E-state index is 11.2. The van der Waals surface area contributed by atoms with E-state index < -0.39 is 11.9 Å². The van der Waals surface area contributed by atoms with Crippen LogP contribution in [0.5, 0.6) is 0 Å². The molecule has 8 rings (SSSR count). The zero-order chi connectivity index (χ0) is 51.3. The predicted molar refractivity (Wildman–Crippen MR) is 352 cm³/mol. The van der Waals surface area contributed by atoms with Crippen LogP contribution in [0.1, 0.15) is 123 Å². The zero-order valence-electron chi connectivity index (χ0n) is 40.1. The summed E-state index contributed by atoms with van der Waals surface area (Å²) < 4.78 is 4.27. The average molecular weight is 1720 g/mol. The fourth-order valence-corrected chi connectivity index (χ4v) is 10.7. The third kappa shape index (κ3) is 32.2. The van der Waals surface area contributed by atoms with Crippen molar-refractivity contribution in [1.29, 1.82) is 0 Å². The molecule has 4 radical (unpaired) electrons. The third-order valence-corrected chi connectivity index (χ3v) is 13.9. The Morgan fingerprint density at radius 3 is 1.24 bits per heavy atom. The number of amides is 1. The van der Waals surface area contributed by atoms with E-state index in [0.717, 1.165) is 88.0 Å². The van der Waals surface area contributed by atoms with Gasteiger partial charge in [0.1, 0.15) is 0 Å². The molecule has 0 aliphatic heterocycles. The number of carbonyl (C=O) groups is 3. The predicted octanol–water partition coefficient (Wildman–Crippen LogP) is 9.83. The SMILES string of the molecule is CCC(=O)N[C@H]1CCc2nc(N)sc2C1.CCC(=O)OC(=O)CC.CCCN[C@H]1CCc2nc(N)sc2C1.Cl.Cl.Cl.II.Nc1nc2c(s1)CC(N)CC2.Nc1nc2c(s1)C[C@@H](N)CC2.[B][B].[HH].[I][V]([I])[I]. The van der Waals surface area contributed by atoms with E-state index >= 15 is 0 Å². The molecule has 404 valence electrons. The molecule has 4 aromatic rings. The molecule has 0 saturated heterocycles. The number of nitrogens with one attached hydrogen (secondary N) is 2. The van der Waals surface area contributed by atoms with E-state index in [1.807, 2.05) is 6.92 Å². The number of halogens is 8. The van der Waals surface area contributed by atoms with E-state index in [1.165, 1.54) is 49.4 Å². The number of hydrogen-bond donors (Lipinski definition) is 8. The molecule has 4 atom stereocenters. The van der Waals surface area contributed by atoms with Gasteiger partial charge in [0.2, 0.25) is 5.91 Å². The van der Waals surface area contributed by atoms with Crippen LogP contribution in [-0.4, -0.2) is 84.0 Å². The van der Waals surface area contributed by atoms with Gasteiger partial charge in [-0.05, 0) is 83.6 Å². The molecule has 0 aromatic carbocycles. The summed E-state index contributed by atoms with van der Waals surface area (Å²) in [4.78, 5) is 53.9. The molecule has 4 heterocycles. The fourth-order valence-electron chi connectivity index (χ4n) is 6.88. The van der Waals surface area contributed by atoms with Gasteiger partial charge in [0.15, 0.2) is 20.5 Å². The first-order chi connectivity index (χ1) is 32.4. The number of thiazole rings is 4. The van der Waals surface area contributed by atoms with Crippen molar-refractivity contribution < 1.29 is 25.5 Å². The molecule has 0 fully saturated rings. The number of fused-ring (bicyclic) bond motifs is 4. The Hall–Kier alpha value is 1.44. The molecule has 0 spiro atoms. The number of aromatic nitrogens is 4. The third-order valence-electron chi connectivity index (χ3n) is 10.1. The van der Waals surface area contributed by atoms with Gasteiger partial charge in [-0.25, -0.2) is 19.9 Å². The molecule has 71 heavy (non-hydrogen) atoms. The number of esters is 2. The van der Waals surface area contributed by atoms with Crippen molar-refractivity contribution in [3.8, 4) is 0 Å². The minimum atomic E-state index is -0.457. The van der Waals surface area contributed by atoms with Crippen LogP contribution in [-0.2, 0) is 75.4 Å². The summed E-state index contributed by atoms with van der Waals surface area (Å²) in [5, 5.41) is 9.32. The molecule has 0 saturated carbocycles. The summed E-state index contributed by atoms with van der Waals surface area (Å²) in [6, 6.07) is 1.55. The van der Waals surface area contributed by atoms with Gasteiger partial charge in [-0.3, -0.25) is 14.4 Å². The molecule has 0 bridgehead atoms. The van der Waals surface area contributed by atoms with Crippen molar-refractivity contribution >= 4 is 234 Å². The van der Waals surface area contributed by atoms with Gasteiger partial charge in [-0.2, -0.15) is 0 Å². The van der Waals surface area contributed by atoms with Gasteiger partial charge >= 0.3 is 76.8 Å². The molecule has 14 N–H and O–H groups in total. The first kappa shape index (κ1) is 76.7. The van der Waals surface area contributed by atoms with Gasteiger partial charge in [0.25, 0.3) is 0 Å². The van der Waals surface area contributed by atoms with Crippen LogP contribution in [0.15, 0.2) is 0 Å². The second-order valence-corrected chi connectivity index (χ2v) is 55.0. The van der Waals surface area contributed by atoms with E-state index in [2.05, 4.69) is 155 Å². The van der Waals surface area contributed by atoms with Gasteiger partial charge in [0.05, 0.1) is 22.8 Å². The normalized spacial score (nSPS) is 17.2. The minimum absolute atomic E-state index is 0. The van der Waals surface area contributed by atoms with Gasteiger partial charge in [-0.15, -0.1) is 82.6 Å². The molecule has 1 amide bonds. The second-order valence-electron chi connectivity index (χ2n) is 15.2. The van der Waals surface area contributed by atoms with Crippen molar-refractivity contribution in [2.75, 3.05) is 29.5 Å². The Kier molecular flexibility index (Phi) is 47.9. The molecule has 4 aliphatic rings. The van der Waals surface area contributed by atoms with Gasteiger partial charge in [0, 0.05) is 123 Å². The van der Waals surface area contributed by atoms with Crippen LogP contribution in [0, 0.1) is 0 Å². The summed E-state index contributed by atoms with van der Waals surface area (Å²) in [5.74, 6) is -0.787. The summed E-state index contributed by atoms with van der Waals surface area (Å²) in [5.41, 5.74) is 38.8. The number of nitrogens with two attached hydrogens (primary N) is 6. The van der Waals surface area contributed by atoms with Crippen molar-refractivity contribution in [2.45, 2.75) is 155 Å². The average Bonchev–Trinajstić information content (AvgIpc) is 4.09. The topological polar surface area (TPSA) is 292 Å². The van der Waals surface area contributed by atoms with E-state index in [1.54, 1.807) is 59.2 Å². The van der Waals surface area contributed by atoms with E-state index in [9.17, 15) is 14.4 Å². The van der Waals surface area contributed by atoms with Crippen LogP contribution in [0.2, 0.25) is 0 Å². The zero-order valence-corrected chi connectivity index (χ0v) is 58.0. The summed E-state index contributed by atoms with van der Waals surface area (Å²) >= 11 is 18.0. The number of ether oxygens (including phenoxy) is 1. The number of nitrogens with zero attached hydrogens (tertiary/aromatic N) is 4. The Morgan fingerprint density at radius 2 is 0.915 bits per heavy atom. The quantitative estimate of drug-likeness (QED) is 0.0370. The molecule has 31 heteroatoms. The summed E-state index contributed by atoms with van der Waals surface area (Å²) in [7, 11) is 8.00. The molecular weight excluding hydrogens is 1650 g/mol. The molecule has 16 nitrogen and oxygen atoms in total. The number of nitrogen functional groups attached to an aromatic ring is 4. The number of carbonyl (C=O) groups excluding carboxylic acids is 3. The van der Waals surface area contributed by atoms with Crippen molar-refractivity contribution in [3.63, 3.8) is 0 Å². The molecule has 1 unspecified atom stereocenters. The van der Waals surface area contributed by atoms with Crippen molar-refractivity contribution in [1.82, 2.24) is 30.6 Å². The van der Waals surface area contributed by atoms with E-state index in [0.29, 0.717) is 39.9 Å². The first-order valence-electron chi connectivity index (χ1n) is 21.9. The number of rotatable bonds is 7. The Balaban J connectivity index is -0.000000385. The Morgan fingerprint density at radius 1 is 0.606 bits per heavy atom. The fraction of sp³-hybridized carbons (Fsp3) is 0.625. The summed E-state index contributed by atoms with van der Waals surface area (Å²) in [6.07, 6.45) is 14.5. The van der Waals surface area contributed by atoms with E-state index in [-0.39, 0.29) is 68.4 Å². The van der Waals surface area contributed by atoms with E-state index in [4.69, 9.17) is 34.4 Å². The van der Waals surface area contributed by atoms with Crippen LogP contribution >= 0.6 is 180 Å². The second kappa shape index (κ2) is 44.3. The number of anilines is 4. The molecule has 4 aromatic heterocycles. The number of aryl methyl sites for hydroxylation is 4. The van der Waals surface area contributed by atoms with Crippen molar-refractivity contribution in [3.05, 3.63) is 42.3 Å². The van der Waals surface area contributed by atoms with Crippen LogP contribution in [0.4, 0.5) is 20.5 Å². The maximum atomic E-state index is 11.2. The molecule has 4 aliphatic carbocycles. The van der Waals surface area contributed by atoms with Crippen LogP contribution in [0.25, 0.3) is 0 Å². The standard InChI is InChI=1S/C10H15N3OS.C10H17N3S.2C7H11N3S.C6H10O3.B2.3ClH.I2.3HI.V.H2/c1-2-9(14)12-6-3-4-7-8(5-6)15-10(11)13-7;1-2-5-12-7-3-4-8-9(6-7)14-10(11)13-8;2*8-4-1-2-5-6(3-4)11-7(9)10-5;1-3-5(7)9-6(8)4-2;1-2;;;;1-2;;;;;/h6H,2-5H2,1H3,(H2,11,13)(H,12,14);7,12H,2-6H2,1H3,(H2,11,13);2*4H,1-3,8H2,(H2,9,10);3-4H2,1-2H3;;3*1H;;3*1H;;1H/q;;;;;;;;;;;;;+3;/p-3/t6-;7-;4-;;;;;;;;;;;;/m000............/s1. The van der Waals surface area contributed by atoms with Gasteiger partial charge in [-0.1, -0.05) is 27.7 Å². The van der Waals surface area contributed by atoms with Crippen LogP contribution in [0.3, 0.4) is 0 Å². The Labute approximate surface area is 520 Å². The Bertz CT molecular complexity index is 2030. The first-order valence-corrected chi connectivity index (χ1v) is 45.0. The van der Waals surface area contributed by atoms with Crippen LogP contribution < -0.4 is 45.0 Å². The summed E-state index contributed by atoms with van der Waals surface area (Å²) in [6.45, 7) is 8.48.